The Bertz CT molecular complexity index is 600. The van der Waals surface area contributed by atoms with E-state index in [9.17, 15) is 9.90 Å². The maximum Gasteiger partial charge on any atom is 0.327 e. The third-order valence-electron chi connectivity index (χ3n) is 2.88. The topological polar surface area (TPSA) is 90.1 Å². The molecule has 0 saturated carbocycles. The van der Waals surface area contributed by atoms with Gasteiger partial charge in [-0.15, -0.1) is 5.10 Å². The Morgan fingerprint density at radius 1 is 1.43 bits per heavy atom. The van der Waals surface area contributed by atoms with E-state index in [-0.39, 0.29) is 6.54 Å². The molecule has 7 nitrogen and oxygen atoms in total. The summed E-state index contributed by atoms with van der Waals surface area (Å²) in [6.07, 6.45) is 0. The monoisotopic (exact) mass is 308 g/mol. The van der Waals surface area contributed by atoms with Gasteiger partial charge < -0.3 is 9.84 Å². The first-order valence-electron chi connectivity index (χ1n) is 6.26. The summed E-state index contributed by atoms with van der Waals surface area (Å²) in [7, 11) is 1.31. The van der Waals surface area contributed by atoms with Crippen molar-refractivity contribution < 1.29 is 14.6 Å². The molecule has 0 spiro atoms. The van der Waals surface area contributed by atoms with Gasteiger partial charge in [0.05, 0.1) is 12.7 Å². The van der Waals surface area contributed by atoms with Gasteiger partial charge in [0.25, 0.3) is 0 Å². The van der Waals surface area contributed by atoms with Gasteiger partial charge in [0.2, 0.25) is 5.16 Å². The summed E-state index contributed by atoms with van der Waals surface area (Å²) in [5.41, 5.74) is -0.210. The van der Waals surface area contributed by atoms with Gasteiger partial charge in [-0.25, -0.2) is 4.68 Å². The second-order valence-corrected chi connectivity index (χ2v) is 5.57. The molecule has 0 bridgehead atoms. The van der Waals surface area contributed by atoms with Gasteiger partial charge in [0.15, 0.2) is 0 Å². The first-order chi connectivity index (χ1) is 10.0. The van der Waals surface area contributed by atoms with Crippen LogP contribution in [0.3, 0.4) is 0 Å². The van der Waals surface area contributed by atoms with E-state index in [1.807, 2.05) is 30.3 Å². The highest BCUT2D eigenvalue weighted by Crippen LogP contribution is 2.28. The lowest BCUT2D eigenvalue weighted by Crippen LogP contribution is -2.24. The van der Waals surface area contributed by atoms with Crippen molar-refractivity contribution in [2.75, 3.05) is 12.9 Å². The zero-order valence-electron chi connectivity index (χ0n) is 11.8. The molecule has 0 aliphatic carbocycles. The molecular weight excluding hydrogens is 292 g/mol. The maximum atomic E-state index is 11.3. The fourth-order valence-electron chi connectivity index (χ4n) is 1.67. The normalized spacial score (nSPS) is 13.7. The van der Waals surface area contributed by atoms with Gasteiger partial charge in [-0.2, -0.15) is 0 Å². The van der Waals surface area contributed by atoms with E-state index in [1.54, 1.807) is 6.92 Å². The number of nitrogens with zero attached hydrogens (tertiary/aromatic N) is 4. The van der Waals surface area contributed by atoms with Crippen molar-refractivity contribution in [3.05, 3.63) is 35.9 Å². The molecule has 1 aromatic heterocycles. The lowest BCUT2D eigenvalue weighted by molar-refractivity contribution is -0.141. The van der Waals surface area contributed by atoms with Crippen molar-refractivity contribution in [1.29, 1.82) is 0 Å². The van der Waals surface area contributed by atoms with Crippen molar-refractivity contribution >= 4 is 17.7 Å². The van der Waals surface area contributed by atoms with Crippen LogP contribution in [0.25, 0.3) is 0 Å². The molecule has 1 heterocycles. The van der Waals surface area contributed by atoms with Crippen molar-refractivity contribution in [2.24, 2.45) is 0 Å². The van der Waals surface area contributed by atoms with Crippen LogP contribution in [0.15, 0.2) is 35.5 Å². The van der Waals surface area contributed by atoms with Crippen molar-refractivity contribution in [1.82, 2.24) is 20.2 Å². The number of aromatic nitrogens is 4. The molecule has 112 valence electrons. The molecular formula is C13H16N4O3S. The van der Waals surface area contributed by atoms with Crippen LogP contribution in [0.5, 0.6) is 0 Å². The third-order valence-corrected chi connectivity index (χ3v) is 4.14. The number of ether oxygens (including phenoxy) is 1. The number of thioether (sulfide) groups is 1. The number of tetrazole rings is 1. The molecule has 0 radical (unpaired) electrons. The molecule has 0 aliphatic rings. The van der Waals surface area contributed by atoms with Gasteiger partial charge in [-0.3, -0.25) is 4.79 Å². The molecule has 2 rings (SSSR count). The van der Waals surface area contributed by atoms with E-state index in [2.05, 4.69) is 20.3 Å². The first kappa shape index (κ1) is 15.5. The number of carbonyl (C=O) groups is 1. The fourth-order valence-corrected chi connectivity index (χ4v) is 2.59. The molecule has 1 atom stereocenters. The van der Waals surface area contributed by atoms with E-state index < -0.39 is 11.6 Å². The van der Waals surface area contributed by atoms with E-state index in [0.29, 0.717) is 10.9 Å². The Hall–Kier alpha value is -1.93. The summed E-state index contributed by atoms with van der Waals surface area (Å²) < 4.78 is 5.92. The summed E-state index contributed by atoms with van der Waals surface area (Å²) in [5.74, 6) is -0.0718. The minimum atomic E-state index is -1.02. The fraction of sp³-hybridized carbons (Fsp3) is 0.385. The molecule has 0 amide bonds. The molecule has 21 heavy (non-hydrogen) atoms. The number of benzene rings is 1. The van der Waals surface area contributed by atoms with Crippen molar-refractivity contribution in [3.8, 4) is 0 Å². The molecule has 1 aromatic carbocycles. The van der Waals surface area contributed by atoms with Crippen LogP contribution in [0.2, 0.25) is 0 Å². The average Bonchev–Trinajstić information content (AvgIpc) is 2.93. The maximum absolute atomic E-state index is 11.3. The Balaban J connectivity index is 2.03. The molecule has 0 fully saturated rings. The molecule has 1 unspecified atom stereocenters. The highest BCUT2D eigenvalue weighted by molar-refractivity contribution is 7.99. The van der Waals surface area contributed by atoms with E-state index in [1.165, 1.54) is 23.6 Å². The van der Waals surface area contributed by atoms with Gasteiger partial charge in [0, 0.05) is 5.75 Å². The summed E-state index contributed by atoms with van der Waals surface area (Å²) in [6.45, 7) is 1.67. The van der Waals surface area contributed by atoms with E-state index >= 15 is 0 Å². The second-order valence-electron chi connectivity index (χ2n) is 4.62. The summed E-state index contributed by atoms with van der Waals surface area (Å²) >= 11 is 1.28. The van der Waals surface area contributed by atoms with Crippen molar-refractivity contribution in [2.45, 2.75) is 24.2 Å². The predicted octanol–water partition coefficient (Wildman–Crippen LogP) is 0.846. The van der Waals surface area contributed by atoms with Crippen LogP contribution < -0.4 is 0 Å². The van der Waals surface area contributed by atoms with Crippen LogP contribution in [0.4, 0.5) is 0 Å². The molecule has 0 aliphatic heterocycles. The summed E-state index contributed by atoms with van der Waals surface area (Å²) in [4.78, 5) is 11.3. The number of carbonyl (C=O) groups excluding carboxylic acids is 1. The highest BCUT2D eigenvalue weighted by Gasteiger charge is 2.24. The first-order valence-corrected chi connectivity index (χ1v) is 7.25. The van der Waals surface area contributed by atoms with Gasteiger partial charge >= 0.3 is 5.97 Å². The number of esters is 1. The number of hydrogen-bond donors (Lipinski definition) is 1. The molecule has 2 aromatic rings. The quantitative estimate of drug-likeness (QED) is 0.625. The number of rotatable bonds is 6. The lowest BCUT2D eigenvalue weighted by atomic mass is 9.99. The molecule has 0 saturated heterocycles. The van der Waals surface area contributed by atoms with Crippen molar-refractivity contribution in [3.63, 3.8) is 0 Å². The van der Waals surface area contributed by atoms with Crippen LogP contribution in [-0.4, -0.2) is 44.1 Å². The molecule has 8 heteroatoms. The largest absolute Gasteiger partial charge is 0.468 e. The number of methoxy groups -OCH3 is 1. The SMILES string of the molecule is COC(=O)Cn1nnnc1SCC(C)(O)c1ccccc1. The predicted molar refractivity (Wildman–Crippen MR) is 76.6 cm³/mol. The van der Waals surface area contributed by atoms with Crippen LogP contribution in [0, 0.1) is 0 Å². The summed E-state index contributed by atoms with van der Waals surface area (Å²) in [5, 5.41) is 22.1. The highest BCUT2D eigenvalue weighted by atomic mass is 32.2. The number of aliphatic hydroxyl groups is 1. The van der Waals surface area contributed by atoms with Gasteiger partial charge in [0.1, 0.15) is 6.54 Å². The Morgan fingerprint density at radius 3 is 2.81 bits per heavy atom. The van der Waals surface area contributed by atoms with Gasteiger partial charge in [-0.1, -0.05) is 42.1 Å². The zero-order valence-corrected chi connectivity index (χ0v) is 12.6. The lowest BCUT2D eigenvalue weighted by Gasteiger charge is -2.22. The smallest absolute Gasteiger partial charge is 0.327 e. The minimum absolute atomic E-state index is 0.0562. The van der Waals surface area contributed by atoms with E-state index in [4.69, 9.17) is 0 Å². The van der Waals surface area contributed by atoms with Gasteiger partial charge in [-0.05, 0) is 22.9 Å². The Morgan fingerprint density at radius 2 is 2.14 bits per heavy atom. The summed E-state index contributed by atoms with van der Waals surface area (Å²) in [6, 6.07) is 9.35. The van der Waals surface area contributed by atoms with E-state index in [0.717, 1.165) is 5.56 Å². The average molecular weight is 308 g/mol. The standard InChI is InChI=1S/C13H16N4O3S/c1-13(19,10-6-4-3-5-7-10)9-21-12-14-15-16-17(12)8-11(18)20-2/h3-7,19H,8-9H2,1-2H3. The van der Waals surface area contributed by atoms with Crippen LogP contribution in [-0.2, 0) is 21.7 Å². The zero-order chi connectivity index (χ0) is 15.3. The van der Waals surface area contributed by atoms with Crippen LogP contribution in [0.1, 0.15) is 12.5 Å². The van der Waals surface area contributed by atoms with Crippen LogP contribution >= 0.6 is 11.8 Å². The number of hydrogen-bond acceptors (Lipinski definition) is 7. The molecule has 1 N–H and O–H groups in total. The third kappa shape index (κ3) is 4.02. The Kier molecular flexibility index (Phi) is 4.92. The minimum Gasteiger partial charge on any atom is -0.468 e. The Labute approximate surface area is 126 Å². The second kappa shape index (κ2) is 6.68.